The summed E-state index contributed by atoms with van der Waals surface area (Å²) >= 11 is 6.13. The SMILES string of the molecule is O=C(O)c1cn(CC(F)(F)F)c2cc(-c3ccccc3Cl)ccc12. The predicted octanol–water partition coefficient (Wildman–Crippen LogP) is 5.22. The van der Waals surface area contributed by atoms with Crippen LogP contribution < -0.4 is 0 Å². The number of aromatic nitrogens is 1. The Labute approximate surface area is 139 Å². The normalized spacial score (nSPS) is 11.8. The van der Waals surface area contributed by atoms with Crippen LogP contribution in [0.1, 0.15) is 10.4 Å². The number of rotatable bonds is 3. The Hall–Kier alpha value is -2.47. The number of benzene rings is 2. The van der Waals surface area contributed by atoms with Gasteiger partial charge >= 0.3 is 12.1 Å². The van der Waals surface area contributed by atoms with E-state index in [4.69, 9.17) is 11.6 Å². The molecule has 0 spiro atoms. The number of halogens is 4. The van der Waals surface area contributed by atoms with Crippen LogP contribution in [0.2, 0.25) is 5.02 Å². The minimum Gasteiger partial charge on any atom is -0.478 e. The maximum absolute atomic E-state index is 12.8. The topological polar surface area (TPSA) is 42.2 Å². The maximum Gasteiger partial charge on any atom is 0.406 e. The van der Waals surface area contributed by atoms with Crippen LogP contribution in [-0.4, -0.2) is 21.8 Å². The van der Waals surface area contributed by atoms with E-state index in [9.17, 15) is 23.1 Å². The lowest BCUT2D eigenvalue weighted by Gasteiger charge is -2.10. The summed E-state index contributed by atoms with van der Waals surface area (Å²) in [6.45, 7) is -1.26. The van der Waals surface area contributed by atoms with Crippen LogP contribution in [0, 0.1) is 0 Å². The summed E-state index contributed by atoms with van der Waals surface area (Å²) < 4.78 is 39.2. The molecular weight excluding hydrogens is 343 g/mol. The van der Waals surface area contributed by atoms with Gasteiger partial charge < -0.3 is 9.67 Å². The summed E-state index contributed by atoms with van der Waals surface area (Å²) in [5.74, 6) is -1.27. The Morgan fingerprint density at radius 3 is 2.50 bits per heavy atom. The zero-order valence-electron chi connectivity index (χ0n) is 12.1. The summed E-state index contributed by atoms with van der Waals surface area (Å²) in [7, 11) is 0. The van der Waals surface area contributed by atoms with Gasteiger partial charge in [0.15, 0.2) is 0 Å². The van der Waals surface area contributed by atoms with Crippen molar-refractivity contribution in [3.63, 3.8) is 0 Å². The lowest BCUT2D eigenvalue weighted by molar-refractivity contribution is -0.139. The van der Waals surface area contributed by atoms with Crippen molar-refractivity contribution in [2.75, 3.05) is 0 Å². The van der Waals surface area contributed by atoms with Crippen LogP contribution in [0.4, 0.5) is 13.2 Å². The van der Waals surface area contributed by atoms with Crippen molar-refractivity contribution in [3.8, 4) is 11.1 Å². The van der Waals surface area contributed by atoms with E-state index in [1.54, 1.807) is 30.3 Å². The second-order valence-corrected chi connectivity index (χ2v) is 5.71. The minimum atomic E-state index is -4.46. The molecule has 0 bridgehead atoms. The highest BCUT2D eigenvalue weighted by Gasteiger charge is 2.29. The Bertz CT molecular complexity index is 931. The number of hydrogen-bond acceptors (Lipinski definition) is 1. The van der Waals surface area contributed by atoms with Crippen LogP contribution in [-0.2, 0) is 6.54 Å². The molecule has 0 aliphatic rings. The largest absolute Gasteiger partial charge is 0.478 e. The van der Waals surface area contributed by atoms with Crippen LogP contribution in [0.15, 0.2) is 48.7 Å². The Balaban J connectivity index is 2.22. The lowest BCUT2D eigenvalue weighted by Crippen LogP contribution is -2.16. The number of carboxylic acid groups (broad SMARTS) is 1. The smallest absolute Gasteiger partial charge is 0.406 e. The first-order chi connectivity index (χ1) is 11.3. The first kappa shape index (κ1) is 16.4. The molecule has 0 amide bonds. The molecule has 2 aromatic carbocycles. The van der Waals surface area contributed by atoms with Crippen molar-refractivity contribution in [2.24, 2.45) is 0 Å². The van der Waals surface area contributed by atoms with E-state index in [2.05, 4.69) is 0 Å². The van der Waals surface area contributed by atoms with E-state index < -0.39 is 18.7 Å². The number of fused-ring (bicyclic) bond motifs is 1. The van der Waals surface area contributed by atoms with Crippen LogP contribution in [0.5, 0.6) is 0 Å². The van der Waals surface area contributed by atoms with Gasteiger partial charge in [-0.3, -0.25) is 0 Å². The average molecular weight is 354 g/mol. The number of carboxylic acids is 1. The highest BCUT2D eigenvalue weighted by Crippen LogP contribution is 2.33. The molecule has 0 aliphatic carbocycles. The van der Waals surface area contributed by atoms with E-state index in [0.717, 1.165) is 10.8 Å². The molecule has 124 valence electrons. The molecule has 0 fully saturated rings. The third-order valence-electron chi connectivity index (χ3n) is 3.65. The van der Waals surface area contributed by atoms with Gasteiger partial charge in [-0.15, -0.1) is 0 Å². The maximum atomic E-state index is 12.8. The second kappa shape index (κ2) is 5.87. The molecule has 0 atom stereocenters. The standard InChI is InChI=1S/C17H11ClF3NO2/c18-14-4-2-1-3-11(14)10-5-6-12-13(16(23)24)8-22(15(12)7-10)9-17(19,20)21/h1-8H,9H2,(H,23,24). The van der Waals surface area contributed by atoms with E-state index >= 15 is 0 Å². The van der Waals surface area contributed by atoms with Gasteiger partial charge in [-0.2, -0.15) is 13.2 Å². The number of aromatic carboxylic acids is 1. The van der Waals surface area contributed by atoms with Crippen LogP contribution in [0.25, 0.3) is 22.0 Å². The first-order valence-corrected chi connectivity index (χ1v) is 7.32. The van der Waals surface area contributed by atoms with Crippen molar-refractivity contribution in [1.82, 2.24) is 4.57 Å². The molecular formula is C17H11ClF3NO2. The summed E-state index contributed by atoms with van der Waals surface area (Å²) in [5, 5.41) is 9.92. The zero-order valence-corrected chi connectivity index (χ0v) is 12.9. The molecule has 0 saturated heterocycles. The molecule has 0 radical (unpaired) electrons. The molecule has 0 aliphatic heterocycles. The van der Waals surface area contributed by atoms with Crippen LogP contribution in [0.3, 0.4) is 0 Å². The Morgan fingerprint density at radius 1 is 1.17 bits per heavy atom. The molecule has 1 aromatic heterocycles. The quantitative estimate of drug-likeness (QED) is 0.701. The zero-order chi connectivity index (χ0) is 17.5. The van der Waals surface area contributed by atoms with Gasteiger partial charge in [0.05, 0.1) is 5.56 Å². The van der Waals surface area contributed by atoms with Crippen molar-refractivity contribution in [3.05, 3.63) is 59.2 Å². The van der Waals surface area contributed by atoms with E-state index in [1.165, 1.54) is 12.1 Å². The highest BCUT2D eigenvalue weighted by atomic mass is 35.5. The van der Waals surface area contributed by atoms with Crippen molar-refractivity contribution >= 4 is 28.5 Å². The summed E-state index contributed by atoms with van der Waals surface area (Å²) in [6, 6.07) is 11.6. The lowest BCUT2D eigenvalue weighted by atomic mass is 10.0. The van der Waals surface area contributed by atoms with Gasteiger partial charge in [-0.25, -0.2) is 4.79 Å². The molecule has 3 rings (SSSR count). The fourth-order valence-corrected chi connectivity index (χ4v) is 2.89. The van der Waals surface area contributed by atoms with E-state index in [1.807, 2.05) is 0 Å². The predicted molar refractivity (Wildman–Crippen MR) is 85.4 cm³/mol. The molecule has 3 aromatic rings. The summed E-state index contributed by atoms with van der Waals surface area (Å²) in [5.41, 5.74) is 1.31. The van der Waals surface area contributed by atoms with Crippen molar-refractivity contribution in [2.45, 2.75) is 12.7 Å². The monoisotopic (exact) mass is 353 g/mol. The molecule has 1 N–H and O–H groups in total. The molecule has 3 nitrogen and oxygen atoms in total. The number of alkyl halides is 3. The van der Waals surface area contributed by atoms with Gasteiger partial charge in [0, 0.05) is 27.7 Å². The third-order valence-corrected chi connectivity index (χ3v) is 3.98. The van der Waals surface area contributed by atoms with Gasteiger partial charge in [0.1, 0.15) is 6.54 Å². The average Bonchev–Trinajstić information content (AvgIpc) is 2.84. The Morgan fingerprint density at radius 2 is 1.88 bits per heavy atom. The highest BCUT2D eigenvalue weighted by molar-refractivity contribution is 6.33. The second-order valence-electron chi connectivity index (χ2n) is 5.30. The Kier molecular flexibility index (Phi) is 4.01. The number of carbonyl (C=O) groups is 1. The fourth-order valence-electron chi connectivity index (χ4n) is 2.65. The van der Waals surface area contributed by atoms with Gasteiger partial charge in [0.25, 0.3) is 0 Å². The number of nitrogens with zero attached hydrogens (tertiary/aromatic N) is 1. The summed E-state index contributed by atoms with van der Waals surface area (Å²) in [6.07, 6.45) is -3.45. The van der Waals surface area contributed by atoms with Crippen LogP contribution >= 0.6 is 11.6 Å². The van der Waals surface area contributed by atoms with Crippen molar-refractivity contribution in [1.29, 1.82) is 0 Å². The fraction of sp³-hybridized carbons (Fsp3) is 0.118. The molecule has 1 heterocycles. The third kappa shape index (κ3) is 3.10. The number of hydrogen-bond donors (Lipinski definition) is 1. The van der Waals surface area contributed by atoms with Gasteiger partial charge in [0.2, 0.25) is 0 Å². The molecule has 0 unspecified atom stereocenters. The molecule has 7 heteroatoms. The van der Waals surface area contributed by atoms with Gasteiger partial charge in [-0.1, -0.05) is 41.9 Å². The van der Waals surface area contributed by atoms with E-state index in [-0.39, 0.29) is 16.5 Å². The molecule has 0 saturated carbocycles. The molecule has 24 heavy (non-hydrogen) atoms. The van der Waals surface area contributed by atoms with E-state index in [0.29, 0.717) is 16.1 Å². The van der Waals surface area contributed by atoms with Gasteiger partial charge in [-0.05, 0) is 17.7 Å². The minimum absolute atomic E-state index is 0.167. The van der Waals surface area contributed by atoms with Crippen molar-refractivity contribution < 1.29 is 23.1 Å². The first-order valence-electron chi connectivity index (χ1n) is 6.94. The summed E-state index contributed by atoms with van der Waals surface area (Å²) in [4.78, 5) is 11.3.